The first-order chi connectivity index (χ1) is 9.78. The molecule has 0 bridgehead atoms. The largest absolute Gasteiger partial charge is 0.346 e. The van der Waals surface area contributed by atoms with E-state index in [0.717, 1.165) is 30.9 Å². The Labute approximate surface area is 119 Å². The van der Waals surface area contributed by atoms with Crippen molar-refractivity contribution in [1.29, 1.82) is 0 Å². The lowest BCUT2D eigenvalue weighted by Crippen LogP contribution is -2.46. The summed E-state index contributed by atoms with van der Waals surface area (Å²) in [5.74, 6) is 0.972. The summed E-state index contributed by atoms with van der Waals surface area (Å²) in [6.07, 6.45) is 2.85. The van der Waals surface area contributed by atoms with Crippen LogP contribution in [0.4, 0.5) is 5.82 Å². The van der Waals surface area contributed by atoms with Crippen LogP contribution in [0.25, 0.3) is 0 Å². The summed E-state index contributed by atoms with van der Waals surface area (Å²) in [6, 6.07) is 11.2. The van der Waals surface area contributed by atoms with Crippen molar-refractivity contribution in [1.82, 2.24) is 15.5 Å². The van der Waals surface area contributed by atoms with Crippen molar-refractivity contribution in [2.24, 2.45) is 0 Å². The van der Waals surface area contributed by atoms with Crippen LogP contribution in [0.15, 0.2) is 36.5 Å². The Bertz CT molecular complexity index is 597. The average Bonchev–Trinajstić information content (AvgIpc) is 2.47. The fourth-order valence-electron chi connectivity index (χ4n) is 2.86. The van der Waals surface area contributed by atoms with Crippen molar-refractivity contribution < 1.29 is 0 Å². The first-order valence-electron chi connectivity index (χ1n) is 7.05. The van der Waals surface area contributed by atoms with Gasteiger partial charge < -0.3 is 10.2 Å². The zero-order chi connectivity index (χ0) is 13.9. The lowest BCUT2D eigenvalue weighted by molar-refractivity contribution is 0.521. The molecule has 0 radical (unpaired) electrons. The van der Waals surface area contributed by atoms with Crippen molar-refractivity contribution in [3.63, 3.8) is 0 Å². The Hall–Kier alpha value is -1.94. The highest BCUT2D eigenvalue weighted by Crippen LogP contribution is 2.27. The molecule has 0 saturated heterocycles. The normalized spacial score (nSPS) is 17.9. The molecule has 0 amide bonds. The van der Waals surface area contributed by atoms with Crippen molar-refractivity contribution in [3.8, 4) is 0 Å². The van der Waals surface area contributed by atoms with Crippen molar-refractivity contribution in [2.45, 2.75) is 25.9 Å². The third kappa shape index (κ3) is 2.51. The lowest BCUT2D eigenvalue weighted by atomic mass is 9.94. The van der Waals surface area contributed by atoms with Crippen LogP contribution in [0.3, 0.4) is 0 Å². The molecule has 0 fully saturated rings. The van der Waals surface area contributed by atoms with E-state index in [0.29, 0.717) is 6.04 Å². The van der Waals surface area contributed by atoms with Gasteiger partial charge in [0.15, 0.2) is 5.82 Å². The fourth-order valence-corrected chi connectivity index (χ4v) is 2.86. The van der Waals surface area contributed by atoms with Crippen LogP contribution in [0.2, 0.25) is 0 Å². The molecule has 104 valence electrons. The van der Waals surface area contributed by atoms with Gasteiger partial charge in [0.05, 0.1) is 6.20 Å². The van der Waals surface area contributed by atoms with E-state index in [2.05, 4.69) is 57.7 Å². The lowest BCUT2D eigenvalue weighted by Gasteiger charge is -2.37. The molecule has 20 heavy (non-hydrogen) atoms. The smallest absolute Gasteiger partial charge is 0.152 e. The van der Waals surface area contributed by atoms with Gasteiger partial charge in [-0.15, -0.1) is 5.10 Å². The Balaban J connectivity index is 1.96. The first-order valence-corrected chi connectivity index (χ1v) is 7.05. The maximum Gasteiger partial charge on any atom is 0.152 e. The number of aromatic nitrogens is 2. The number of likely N-dealkylation sites (N-methyl/N-ethyl adjacent to an activating group) is 1. The Morgan fingerprint density at radius 1 is 1.30 bits per heavy atom. The van der Waals surface area contributed by atoms with E-state index < -0.39 is 0 Å². The van der Waals surface area contributed by atoms with Crippen LogP contribution in [0.1, 0.15) is 16.7 Å². The van der Waals surface area contributed by atoms with Gasteiger partial charge in [-0.2, -0.15) is 5.10 Å². The third-order valence-corrected chi connectivity index (χ3v) is 3.87. The first kappa shape index (κ1) is 13.1. The summed E-state index contributed by atoms with van der Waals surface area (Å²) in [5.41, 5.74) is 3.99. The molecule has 3 rings (SSSR count). The van der Waals surface area contributed by atoms with E-state index in [4.69, 9.17) is 0 Å². The second-order valence-corrected chi connectivity index (χ2v) is 5.40. The van der Waals surface area contributed by atoms with Gasteiger partial charge in [0.2, 0.25) is 0 Å². The number of benzene rings is 1. The van der Waals surface area contributed by atoms with Crippen molar-refractivity contribution in [2.75, 3.05) is 18.5 Å². The minimum absolute atomic E-state index is 0.422. The summed E-state index contributed by atoms with van der Waals surface area (Å²) in [5, 5.41) is 11.7. The van der Waals surface area contributed by atoms with Gasteiger partial charge in [-0.25, -0.2) is 0 Å². The monoisotopic (exact) mass is 268 g/mol. The van der Waals surface area contributed by atoms with Crippen LogP contribution >= 0.6 is 0 Å². The van der Waals surface area contributed by atoms with Gasteiger partial charge in [0.25, 0.3) is 0 Å². The molecule has 1 aliphatic heterocycles. The maximum atomic E-state index is 4.32. The van der Waals surface area contributed by atoms with E-state index in [9.17, 15) is 0 Å². The van der Waals surface area contributed by atoms with Gasteiger partial charge in [-0.05, 0) is 43.1 Å². The Kier molecular flexibility index (Phi) is 3.65. The molecule has 1 aliphatic rings. The van der Waals surface area contributed by atoms with Crippen molar-refractivity contribution >= 4 is 5.82 Å². The molecule has 1 atom stereocenters. The van der Waals surface area contributed by atoms with Gasteiger partial charge in [-0.1, -0.05) is 24.3 Å². The minimum Gasteiger partial charge on any atom is -0.346 e. The van der Waals surface area contributed by atoms with E-state index in [1.54, 1.807) is 6.20 Å². The number of hydrogen-bond donors (Lipinski definition) is 1. The zero-order valence-electron chi connectivity index (χ0n) is 12.0. The highest BCUT2D eigenvalue weighted by molar-refractivity contribution is 5.46. The highest BCUT2D eigenvalue weighted by Gasteiger charge is 2.26. The molecule has 1 unspecified atom stereocenters. The molecule has 2 aromatic rings. The predicted molar refractivity (Wildman–Crippen MR) is 80.8 cm³/mol. The summed E-state index contributed by atoms with van der Waals surface area (Å²) in [4.78, 5) is 2.36. The van der Waals surface area contributed by atoms with Gasteiger partial charge in [-0.3, -0.25) is 0 Å². The summed E-state index contributed by atoms with van der Waals surface area (Å²) >= 11 is 0. The molecular formula is C16H20N4. The molecule has 2 heterocycles. The van der Waals surface area contributed by atoms with Crippen LogP contribution in [0, 0.1) is 6.92 Å². The second-order valence-electron chi connectivity index (χ2n) is 5.40. The molecule has 0 aliphatic carbocycles. The van der Waals surface area contributed by atoms with E-state index in [-0.39, 0.29) is 0 Å². The number of fused-ring (bicyclic) bond motifs is 1. The van der Waals surface area contributed by atoms with E-state index in [1.165, 1.54) is 11.1 Å². The molecule has 1 N–H and O–H groups in total. The molecule has 1 aromatic heterocycles. The summed E-state index contributed by atoms with van der Waals surface area (Å²) < 4.78 is 0. The zero-order valence-corrected chi connectivity index (χ0v) is 12.0. The average molecular weight is 268 g/mol. The van der Waals surface area contributed by atoms with E-state index in [1.807, 2.05) is 7.05 Å². The summed E-state index contributed by atoms with van der Waals surface area (Å²) in [7, 11) is 2.00. The Morgan fingerprint density at radius 3 is 2.85 bits per heavy atom. The molecule has 0 saturated carbocycles. The fraction of sp³-hybridized carbons (Fsp3) is 0.375. The third-order valence-electron chi connectivity index (χ3n) is 3.87. The maximum absolute atomic E-state index is 4.32. The SMILES string of the molecule is CNCC1Cc2ccccc2CN1c1cc(C)cnn1. The van der Waals surface area contributed by atoms with Crippen LogP contribution in [-0.2, 0) is 13.0 Å². The van der Waals surface area contributed by atoms with Crippen LogP contribution < -0.4 is 10.2 Å². The number of rotatable bonds is 3. The van der Waals surface area contributed by atoms with Crippen molar-refractivity contribution in [3.05, 3.63) is 53.2 Å². The van der Waals surface area contributed by atoms with Gasteiger partial charge in [0, 0.05) is 19.1 Å². The standard InChI is InChI=1S/C16H20N4/c1-12-7-16(19-18-9-12)20-11-14-6-4-3-5-13(14)8-15(20)10-17-2/h3-7,9,15,17H,8,10-11H2,1-2H3. The molecule has 4 nitrogen and oxygen atoms in total. The van der Waals surface area contributed by atoms with Gasteiger partial charge in [0.1, 0.15) is 0 Å². The Morgan fingerprint density at radius 2 is 2.10 bits per heavy atom. The predicted octanol–water partition coefficient (Wildman–Crippen LogP) is 1.94. The quantitative estimate of drug-likeness (QED) is 0.923. The van der Waals surface area contributed by atoms with Gasteiger partial charge >= 0.3 is 0 Å². The molecule has 1 aromatic carbocycles. The molecule has 0 spiro atoms. The van der Waals surface area contributed by atoms with Crippen LogP contribution in [0.5, 0.6) is 0 Å². The van der Waals surface area contributed by atoms with E-state index >= 15 is 0 Å². The molecular weight excluding hydrogens is 248 g/mol. The number of aryl methyl sites for hydroxylation is 1. The molecule has 4 heteroatoms. The number of hydrogen-bond acceptors (Lipinski definition) is 4. The number of nitrogens with one attached hydrogen (secondary N) is 1. The number of anilines is 1. The second kappa shape index (κ2) is 5.59. The van der Waals surface area contributed by atoms with Crippen LogP contribution in [-0.4, -0.2) is 29.8 Å². The number of nitrogens with zero attached hydrogens (tertiary/aromatic N) is 3. The topological polar surface area (TPSA) is 41.0 Å². The highest BCUT2D eigenvalue weighted by atomic mass is 15.3. The summed E-state index contributed by atoms with van der Waals surface area (Å²) in [6.45, 7) is 3.91. The minimum atomic E-state index is 0.422.